The molecule has 5 nitrogen and oxygen atoms in total. The Labute approximate surface area is 117 Å². The monoisotopic (exact) mass is 270 g/mol. The molecule has 104 valence electrons. The summed E-state index contributed by atoms with van der Waals surface area (Å²) in [6, 6.07) is 6.09. The van der Waals surface area contributed by atoms with E-state index in [0.29, 0.717) is 6.42 Å². The van der Waals surface area contributed by atoms with Gasteiger partial charge in [0.25, 0.3) is 0 Å². The van der Waals surface area contributed by atoms with Gasteiger partial charge in [-0.25, -0.2) is 0 Å². The largest absolute Gasteiger partial charge is 0.326 e. The molecular formula is C15H18N4O. The van der Waals surface area contributed by atoms with E-state index in [4.69, 9.17) is 0 Å². The molecule has 0 bridgehead atoms. The van der Waals surface area contributed by atoms with Crippen molar-refractivity contribution in [1.82, 2.24) is 15.4 Å². The maximum absolute atomic E-state index is 12.4. The lowest BCUT2D eigenvalue weighted by atomic mass is 9.89. The molecular weight excluding hydrogens is 252 g/mol. The molecule has 5 heteroatoms. The summed E-state index contributed by atoms with van der Waals surface area (Å²) < 4.78 is 0. The number of anilines is 1. The van der Waals surface area contributed by atoms with Crippen molar-refractivity contribution in [3.05, 3.63) is 40.7 Å². The molecule has 2 aromatic rings. The molecule has 2 N–H and O–H groups in total. The molecule has 0 saturated carbocycles. The van der Waals surface area contributed by atoms with Gasteiger partial charge in [0, 0.05) is 18.0 Å². The van der Waals surface area contributed by atoms with Crippen molar-refractivity contribution in [3.8, 4) is 0 Å². The van der Waals surface area contributed by atoms with Gasteiger partial charge < -0.3 is 5.32 Å². The van der Waals surface area contributed by atoms with Crippen LogP contribution in [0.3, 0.4) is 0 Å². The van der Waals surface area contributed by atoms with Gasteiger partial charge in [-0.15, -0.1) is 0 Å². The number of carbonyl (C=O) groups excluding carboxylic acids is 1. The van der Waals surface area contributed by atoms with Crippen molar-refractivity contribution < 1.29 is 4.79 Å². The number of aromatic nitrogens is 3. The van der Waals surface area contributed by atoms with Gasteiger partial charge in [-0.05, 0) is 49.9 Å². The molecule has 20 heavy (non-hydrogen) atoms. The van der Waals surface area contributed by atoms with Gasteiger partial charge in [0.2, 0.25) is 5.91 Å². The highest BCUT2D eigenvalue weighted by Crippen LogP contribution is 2.24. The van der Waals surface area contributed by atoms with Gasteiger partial charge in [-0.2, -0.15) is 15.4 Å². The van der Waals surface area contributed by atoms with E-state index in [-0.39, 0.29) is 11.8 Å². The molecule has 1 aromatic carbocycles. The summed E-state index contributed by atoms with van der Waals surface area (Å²) in [5, 5.41) is 13.9. The predicted molar refractivity (Wildman–Crippen MR) is 76.4 cm³/mol. The van der Waals surface area contributed by atoms with Gasteiger partial charge in [0.05, 0.1) is 11.4 Å². The number of amides is 1. The molecule has 1 aliphatic carbocycles. The minimum absolute atomic E-state index is 0.0200. The number of aromatic amines is 1. The summed E-state index contributed by atoms with van der Waals surface area (Å²) in [4.78, 5) is 12.4. The zero-order valence-electron chi connectivity index (χ0n) is 11.7. The van der Waals surface area contributed by atoms with Crippen LogP contribution in [0.25, 0.3) is 0 Å². The summed E-state index contributed by atoms with van der Waals surface area (Å²) in [6.07, 6.45) is 2.31. The first-order chi connectivity index (χ1) is 9.61. The van der Waals surface area contributed by atoms with Crippen molar-refractivity contribution in [2.45, 2.75) is 33.1 Å². The molecule has 3 rings (SSSR count). The second-order valence-electron chi connectivity index (χ2n) is 5.52. The fourth-order valence-corrected chi connectivity index (χ4v) is 2.80. The van der Waals surface area contributed by atoms with Crippen molar-refractivity contribution in [3.63, 3.8) is 0 Å². The molecule has 0 saturated heterocycles. The topological polar surface area (TPSA) is 70.7 Å². The maximum Gasteiger partial charge on any atom is 0.227 e. The smallest absolute Gasteiger partial charge is 0.227 e. The number of H-pyrrole nitrogens is 1. The Bertz CT molecular complexity index is 627. The fraction of sp³-hybridized carbons (Fsp3) is 0.400. The zero-order chi connectivity index (χ0) is 14.1. The van der Waals surface area contributed by atoms with E-state index >= 15 is 0 Å². The Morgan fingerprint density at radius 3 is 2.65 bits per heavy atom. The quantitative estimate of drug-likeness (QED) is 0.878. The molecule has 0 fully saturated rings. The molecule has 1 aromatic heterocycles. The summed E-state index contributed by atoms with van der Waals surface area (Å²) in [5.74, 6) is 0.0528. The Morgan fingerprint density at radius 2 is 1.90 bits per heavy atom. The van der Waals surface area contributed by atoms with E-state index in [1.54, 1.807) is 0 Å². The van der Waals surface area contributed by atoms with Crippen LogP contribution in [-0.4, -0.2) is 21.3 Å². The number of nitrogens with zero attached hydrogens (tertiary/aromatic N) is 2. The molecule has 1 atom stereocenters. The van der Waals surface area contributed by atoms with Gasteiger partial charge in [0.1, 0.15) is 0 Å². The second-order valence-corrected chi connectivity index (χ2v) is 5.52. The van der Waals surface area contributed by atoms with Gasteiger partial charge in [0.15, 0.2) is 0 Å². The Morgan fingerprint density at radius 1 is 1.20 bits per heavy atom. The van der Waals surface area contributed by atoms with Gasteiger partial charge in [-0.3, -0.25) is 4.79 Å². The number of fused-ring (bicyclic) bond motifs is 1. The zero-order valence-corrected chi connectivity index (χ0v) is 11.7. The van der Waals surface area contributed by atoms with Crippen molar-refractivity contribution in [2.24, 2.45) is 5.92 Å². The van der Waals surface area contributed by atoms with E-state index in [9.17, 15) is 4.79 Å². The summed E-state index contributed by atoms with van der Waals surface area (Å²) in [5.41, 5.74) is 5.11. The van der Waals surface area contributed by atoms with Crippen LogP contribution in [0.15, 0.2) is 18.2 Å². The summed E-state index contributed by atoms with van der Waals surface area (Å²) >= 11 is 0. The molecule has 0 aliphatic heterocycles. The number of hydrogen-bond donors (Lipinski definition) is 2. The van der Waals surface area contributed by atoms with E-state index < -0.39 is 0 Å². The van der Waals surface area contributed by atoms with Gasteiger partial charge >= 0.3 is 0 Å². The van der Waals surface area contributed by atoms with Crippen LogP contribution < -0.4 is 5.32 Å². The first-order valence-electron chi connectivity index (χ1n) is 6.89. The molecule has 0 radical (unpaired) electrons. The Kier molecular flexibility index (Phi) is 3.26. The van der Waals surface area contributed by atoms with Crippen molar-refractivity contribution in [2.75, 3.05) is 5.32 Å². The summed E-state index contributed by atoms with van der Waals surface area (Å²) in [7, 11) is 0. The Balaban J connectivity index is 1.71. The number of benzene rings is 1. The highest BCUT2D eigenvalue weighted by Gasteiger charge is 2.27. The normalized spacial score (nSPS) is 17.6. The Hall–Kier alpha value is -2.17. The molecule has 1 amide bonds. The molecule has 0 spiro atoms. The minimum Gasteiger partial charge on any atom is -0.326 e. The first kappa shape index (κ1) is 12.8. The molecule has 1 unspecified atom stereocenters. The summed E-state index contributed by atoms with van der Waals surface area (Å²) in [6.45, 7) is 4.07. The van der Waals surface area contributed by atoms with Crippen molar-refractivity contribution in [1.29, 1.82) is 0 Å². The number of aryl methyl sites for hydroxylation is 3. The van der Waals surface area contributed by atoms with Crippen LogP contribution in [0.4, 0.5) is 5.69 Å². The van der Waals surface area contributed by atoms with Crippen LogP contribution >= 0.6 is 0 Å². The first-order valence-corrected chi connectivity index (χ1v) is 6.89. The minimum atomic E-state index is -0.0200. The maximum atomic E-state index is 12.4. The van der Waals surface area contributed by atoms with Crippen LogP contribution in [-0.2, 0) is 17.6 Å². The average Bonchev–Trinajstić information content (AvgIpc) is 2.84. The highest BCUT2D eigenvalue weighted by atomic mass is 16.1. The van der Waals surface area contributed by atoms with E-state index in [2.05, 4.69) is 26.8 Å². The molecule has 1 heterocycles. The number of rotatable bonds is 2. The number of hydrogen-bond acceptors (Lipinski definition) is 3. The standard InChI is InChI=1S/C15H18N4O/c1-9-5-10(2)7-12(6-9)16-15(20)11-3-4-13-14(8-11)18-19-17-13/h5-7,11H,3-4,8H2,1-2H3,(H,16,20)(H,17,18,19). The average molecular weight is 270 g/mol. The fourth-order valence-electron chi connectivity index (χ4n) is 2.80. The third-order valence-electron chi connectivity index (χ3n) is 3.73. The van der Waals surface area contributed by atoms with Crippen LogP contribution in [0, 0.1) is 19.8 Å². The van der Waals surface area contributed by atoms with Gasteiger partial charge in [-0.1, -0.05) is 6.07 Å². The van der Waals surface area contributed by atoms with E-state index in [0.717, 1.165) is 41.0 Å². The van der Waals surface area contributed by atoms with Crippen LogP contribution in [0.2, 0.25) is 0 Å². The van der Waals surface area contributed by atoms with E-state index in [1.807, 2.05) is 26.0 Å². The lowest BCUT2D eigenvalue weighted by Gasteiger charge is -2.20. The lowest BCUT2D eigenvalue weighted by Crippen LogP contribution is -2.28. The van der Waals surface area contributed by atoms with Crippen LogP contribution in [0.1, 0.15) is 28.9 Å². The number of nitrogens with one attached hydrogen (secondary N) is 2. The highest BCUT2D eigenvalue weighted by molar-refractivity contribution is 5.93. The van der Waals surface area contributed by atoms with Crippen LogP contribution in [0.5, 0.6) is 0 Å². The second kappa shape index (κ2) is 5.07. The third-order valence-corrected chi connectivity index (χ3v) is 3.73. The lowest BCUT2D eigenvalue weighted by molar-refractivity contribution is -0.120. The molecule has 1 aliphatic rings. The van der Waals surface area contributed by atoms with E-state index in [1.165, 1.54) is 0 Å². The predicted octanol–water partition coefficient (Wildman–Crippen LogP) is 2.17. The number of carbonyl (C=O) groups is 1. The third kappa shape index (κ3) is 2.57. The SMILES string of the molecule is Cc1cc(C)cc(NC(=O)C2CCc3n[nH]nc3C2)c1. The van der Waals surface area contributed by atoms with Crippen molar-refractivity contribution >= 4 is 11.6 Å².